The summed E-state index contributed by atoms with van der Waals surface area (Å²) >= 11 is 5.87. The molecule has 8 heteroatoms. The molecule has 2 N–H and O–H groups in total. The molecule has 0 radical (unpaired) electrons. The van der Waals surface area contributed by atoms with Crippen LogP contribution in [0.5, 0.6) is 0 Å². The van der Waals surface area contributed by atoms with E-state index in [9.17, 15) is 19.3 Å². The number of non-ortho nitro benzene ring substituents is 1. The van der Waals surface area contributed by atoms with Crippen LogP contribution in [0.3, 0.4) is 0 Å². The Morgan fingerprint density at radius 2 is 1.95 bits per heavy atom. The highest BCUT2D eigenvalue weighted by molar-refractivity contribution is 6.33. The Labute approximate surface area is 122 Å². The number of halogens is 2. The number of carboxylic acid groups (broad SMARTS) is 1. The first kappa shape index (κ1) is 14.7. The molecule has 0 spiro atoms. The first-order valence-corrected chi connectivity index (χ1v) is 6.00. The van der Waals surface area contributed by atoms with Gasteiger partial charge in [0.25, 0.3) is 5.69 Å². The molecule has 2 rings (SSSR count). The summed E-state index contributed by atoms with van der Waals surface area (Å²) in [7, 11) is 0. The van der Waals surface area contributed by atoms with Gasteiger partial charge in [0.1, 0.15) is 5.82 Å². The van der Waals surface area contributed by atoms with Crippen LogP contribution in [0.2, 0.25) is 5.02 Å². The lowest BCUT2D eigenvalue weighted by Gasteiger charge is -2.11. The van der Waals surface area contributed by atoms with Gasteiger partial charge in [-0.15, -0.1) is 0 Å². The monoisotopic (exact) mass is 310 g/mol. The van der Waals surface area contributed by atoms with E-state index in [-0.39, 0.29) is 27.6 Å². The molecule has 0 bridgehead atoms. The van der Waals surface area contributed by atoms with Crippen molar-refractivity contribution in [2.45, 2.75) is 0 Å². The molecule has 0 atom stereocenters. The summed E-state index contributed by atoms with van der Waals surface area (Å²) in [5.74, 6) is -1.86. The Morgan fingerprint density at radius 3 is 2.57 bits per heavy atom. The van der Waals surface area contributed by atoms with Gasteiger partial charge in [0.15, 0.2) is 0 Å². The number of anilines is 2. The van der Waals surface area contributed by atoms with Crippen LogP contribution in [-0.4, -0.2) is 16.0 Å². The van der Waals surface area contributed by atoms with Crippen LogP contribution in [-0.2, 0) is 0 Å². The van der Waals surface area contributed by atoms with E-state index < -0.39 is 16.7 Å². The predicted octanol–water partition coefficient (Wildman–Crippen LogP) is 3.83. The molecular weight excluding hydrogens is 303 g/mol. The molecule has 0 amide bonds. The van der Waals surface area contributed by atoms with Crippen molar-refractivity contribution in [3.05, 3.63) is 62.9 Å². The highest BCUT2D eigenvalue weighted by Crippen LogP contribution is 2.30. The third-order valence-corrected chi connectivity index (χ3v) is 2.97. The number of aromatic carboxylic acids is 1. The smallest absolute Gasteiger partial charge is 0.337 e. The quantitative estimate of drug-likeness (QED) is 0.661. The van der Waals surface area contributed by atoms with Gasteiger partial charge in [-0.3, -0.25) is 10.1 Å². The van der Waals surface area contributed by atoms with Gasteiger partial charge in [-0.1, -0.05) is 11.6 Å². The van der Waals surface area contributed by atoms with Crippen LogP contribution >= 0.6 is 11.6 Å². The van der Waals surface area contributed by atoms with Gasteiger partial charge in [-0.25, -0.2) is 9.18 Å². The second-order valence-electron chi connectivity index (χ2n) is 4.04. The number of carbonyl (C=O) groups is 1. The lowest BCUT2D eigenvalue weighted by Crippen LogP contribution is -2.04. The molecule has 0 saturated heterocycles. The minimum Gasteiger partial charge on any atom is -0.478 e. The molecule has 108 valence electrons. The molecule has 6 nitrogen and oxygen atoms in total. The highest BCUT2D eigenvalue weighted by Gasteiger charge is 2.16. The Morgan fingerprint density at radius 1 is 1.24 bits per heavy atom. The summed E-state index contributed by atoms with van der Waals surface area (Å²) in [4.78, 5) is 21.2. The van der Waals surface area contributed by atoms with Gasteiger partial charge in [0.05, 0.1) is 26.9 Å². The predicted molar refractivity (Wildman–Crippen MR) is 74.7 cm³/mol. The molecule has 0 saturated carbocycles. The van der Waals surface area contributed by atoms with E-state index in [0.717, 1.165) is 30.3 Å². The van der Waals surface area contributed by atoms with E-state index in [1.54, 1.807) is 0 Å². The zero-order chi connectivity index (χ0) is 15.6. The van der Waals surface area contributed by atoms with Crippen molar-refractivity contribution >= 4 is 34.6 Å². The molecule has 0 unspecified atom stereocenters. The fourth-order valence-electron chi connectivity index (χ4n) is 1.67. The SMILES string of the molecule is O=C(O)c1ccc([N+](=O)[O-])cc1Nc1cc(F)ccc1Cl. The molecule has 0 aromatic heterocycles. The molecule has 2 aromatic rings. The van der Waals surface area contributed by atoms with E-state index in [4.69, 9.17) is 16.7 Å². The number of hydrogen-bond acceptors (Lipinski definition) is 4. The van der Waals surface area contributed by atoms with Crippen LogP contribution in [0.4, 0.5) is 21.5 Å². The summed E-state index contributed by atoms with van der Waals surface area (Å²) < 4.78 is 13.2. The van der Waals surface area contributed by atoms with Crippen LogP contribution < -0.4 is 5.32 Å². The largest absolute Gasteiger partial charge is 0.478 e. The fourth-order valence-corrected chi connectivity index (χ4v) is 1.84. The van der Waals surface area contributed by atoms with E-state index in [0.29, 0.717) is 0 Å². The van der Waals surface area contributed by atoms with Crippen molar-refractivity contribution in [1.82, 2.24) is 0 Å². The van der Waals surface area contributed by atoms with Crippen LogP contribution in [0.15, 0.2) is 36.4 Å². The van der Waals surface area contributed by atoms with E-state index in [2.05, 4.69) is 5.32 Å². The second-order valence-corrected chi connectivity index (χ2v) is 4.45. The first-order valence-electron chi connectivity index (χ1n) is 5.62. The van der Waals surface area contributed by atoms with E-state index in [1.807, 2.05) is 0 Å². The molecule has 0 aliphatic carbocycles. The topological polar surface area (TPSA) is 92.5 Å². The molecule has 2 aromatic carbocycles. The average molecular weight is 311 g/mol. The van der Waals surface area contributed by atoms with E-state index >= 15 is 0 Å². The van der Waals surface area contributed by atoms with Crippen LogP contribution in [0.1, 0.15) is 10.4 Å². The van der Waals surface area contributed by atoms with Crippen LogP contribution in [0.25, 0.3) is 0 Å². The van der Waals surface area contributed by atoms with Crippen molar-refractivity contribution in [3.8, 4) is 0 Å². The maximum Gasteiger partial charge on any atom is 0.337 e. The lowest BCUT2D eigenvalue weighted by atomic mass is 10.1. The van der Waals surface area contributed by atoms with Gasteiger partial charge in [-0.2, -0.15) is 0 Å². The number of nitro groups is 1. The number of nitro benzene ring substituents is 1. The normalized spacial score (nSPS) is 10.2. The molecule has 0 fully saturated rings. The number of rotatable bonds is 4. The standard InChI is InChI=1S/C13H8ClFN2O4/c14-10-4-1-7(15)5-12(10)16-11-6-8(17(20)21)2-3-9(11)13(18)19/h1-6,16H,(H,18,19). The Balaban J connectivity index is 2.50. The maximum absolute atomic E-state index is 13.2. The lowest BCUT2D eigenvalue weighted by molar-refractivity contribution is -0.384. The minimum absolute atomic E-state index is 0.0517. The fraction of sp³-hybridized carbons (Fsp3) is 0. The second kappa shape index (κ2) is 5.76. The van der Waals surface area contributed by atoms with Gasteiger partial charge >= 0.3 is 5.97 Å². The Kier molecular flexibility index (Phi) is 4.04. The maximum atomic E-state index is 13.2. The number of nitrogens with zero attached hydrogens (tertiary/aromatic N) is 1. The number of carboxylic acids is 1. The van der Waals surface area contributed by atoms with Crippen molar-refractivity contribution in [2.75, 3.05) is 5.32 Å². The number of benzene rings is 2. The third-order valence-electron chi connectivity index (χ3n) is 2.64. The zero-order valence-electron chi connectivity index (χ0n) is 10.3. The summed E-state index contributed by atoms with van der Waals surface area (Å²) in [5, 5.41) is 22.6. The zero-order valence-corrected chi connectivity index (χ0v) is 11.1. The molecule has 0 aliphatic rings. The van der Waals surface area contributed by atoms with Gasteiger partial charge in [0.2, 0.25) is 0 Å². The van der Waals surface area contributed by atoms with Gasteiger partial charge in [-0.05, 0) is 24.3 Å². The number of nitrogens with one attached hydrogen (secondary N) is 1. The van der Waals surface area contributed by atoms with Crippen LogP contribution in [0, 0.1) is 15.9 Å². The van der Waals surface area contributed by atoms with E-state index in [1.165, 1.54) is 6.07 Å². The van der Waals surface area contributed by atoms with Crippen molar-refractivity contribution in [1.29, 1.82) is 0 Å². The number of hydrogen-bond donors (Lipinski definition) is 2. The first-order chi connectivity index (χ1) is 9.88. The van der Waals surface area contributed by atoms with Gasteiger partial charge < -0.3 is 10.4 Å². The van der Waals surface area contributed by atoms with Crippen molar-refractivity contribution in [2.24, 2.45) is 0 Å². The molecule has 21 heavy (non-hydrogen) atoms. The van der Waals surface area contributed by atoms with Gasteiger partial charge in [0, 0.05) is 12.1 Å². The molecular formula is C13H8ClFN2O4. The summed E-state index contributed by atoms with van der Waals surface area (Å²) in [6, 6.07) is 6.70. The highest BCUT2D eigenvalue weighted by atomic mass is 35.5. The Bertz CT molecular complexity index is 736. The van der Waals surface area contributed by atoms with Crippen molar-refractivity contribution < 1.29 is 19.2 Å². The molecule has 0 heterocycles. The third kappa shape index (κ3) is 3.26. The summed E-state index contributed by atoms with van der Waals surface area (Å²) in [6.45, 7) is 0. The minimum atomic E-state index is -1.28. The summed E-state index contributed by atoms with van der Waals surface area (Å²) in [5.41, 5.74) is -0.431. The van der Waals surface area contributed by atoms with Crippen molar-refractivity contribution in [3.63, 3.8) is 0 Å². The molecule has 0 aliphatic heterocycles. The summed E-state index contributed by atoms with van der Waals surface area (Å²) in [6.07, 6.45) is 0. The Hall–Kier alpha value is -2.67. The average Bonchev–Trinajstić information content (AvgIpc) is 2.42.